The number of carbonyl (C=O) groups excluding carboxylic acids is 2. The van der Waals surface area contributed by atoms with Crippen molar-refractivity contribution >= 4 is 19.8 Å². The molecule has 0 aliphatic rings. The van der Waals surface area contributed by atoms with Crippen molar-refractivity contribution < 1.29 is 42.1 Å². The molecule has 0 aliphatic carbocycles. The molecule has 10 heteroatoms. The molecule has 9 nitrogen and oxygen atoms in total. The average molecular weight is 1230 g/mol. The zero-order valence-electron chi connectivity index (χ0n) is 57.0. The van der Waals surface area contributed by atoms with Gasteiger partial charge in [0.1, 0.15) is 19.8 Å². The third kappa shape index (κ3) is 70.3. The Morgan fingerprint density at radius 2 is 0.663 bits per heavy atom. The van der Waals surface area contributed by atoms with Crippen molar-refractivity contribution in [1.29, 1.82) is 0 Å². The smallest absolute Gasteiger partial charge is 0.462 e. The number of carbonyl (C=O) groups is 2. The molecule has 0 aromatic carbocycles. The van der Waals surface area contributed by atoms with Crippen LogP contribution in [0.1, 0.15) is 335 Å². The number of phosphoric acid groups is 1. The number of hydrogen-bond acceptors (Lipinski definition) is 7. The first-order valence-electron chi connectivity index (χ1n) is 36.3. The Morgan fingerprint density at radius 1 is 0.372 bits per heavy atom. The molecule has 0 saturated heterocycles. The Balaban J connectivity index is 3.99. The average Bonchev–Trinajstić information content (AvgIpc) is 3.67. The third-order valence-electron chi connectivity index (χ3n) is 15.9. The van der Waals surface area contributed by atoms with Gasteiger partial charge in [-0.3, -0.25) is 18.6 Å². The fraction of sp³-hybridized carbons (Fsp3) is 0.789. The van der Waals surface area contributed by atoms with E-state index in [1.807, 2.05) is 21.1 Å². The van der Waals surface area contributed by atoms with Crippen LogP contribution in [0, 0.1) is 0 Å². The molecule has 2 unspecified atom stereocenters. The van der Waals surface area contributed by atoms with Crippen molar-refractivity contribution in [2.75, 3.05) is 47.5 Å². The molecule has 0 bridgehead atoms. The van der Waals surface area contributed by atoms with Gasteiger partial charge >= 0.3 is 19.8 Å². The summed E-state index contributed by atoms with van der Waals surface area (Å²) in [6.07, 6.45) is 91.2. The molecule has 0 aromatic rings. The van der Waals surface area contributed by atoms with Crippen molar-refractivity contribution in [1.82, 2.24) is 0 Å². The number of allylic oxidation sites excluding steroid dienone is 14. The molecule has 1 N–H and O–H groups in total. The number of nitrogens with zero attached hydrogens (tertiary/aromatic N) is 1. The van der Waals surface area contributed by atoms with Crippen molar-refractivity contribution in [2.45, 2.75) is 341 Å². The topological polar surface area (TPSA) is 108 Å². The van der Waals surface area contributed by atoms with Crippen molar-refractivity contribution in [3.63, 3.8) is 0 Å². The van der Waals surface area contributed by atoms with Crippen LogP contribution in [0.3, 0.4) is 0 Å². The van der Waals surface area contributed by atoms with Gasteiger partial charge in [0.2, 0.25) is 0 Å². The number of ether oxygens (including phenoxy) is 2. The first kappa shape index (κ1) is 83.2. The summed E-state index contributed by atoms with van der Waals surface area (Å²) in [4.78, 5) is 35.9. The van der Waals surface area contributed by atoms with Crippen molar-refractivity contribution in [2.24, 2.45) is 0 Å². The molecule has 86 heavy (non-hydrogen) atoms. The molecule has 0 rings (SSSR count). The lowest BCUT2D eigenvalue weighted by Gasteiger charge is -2.24. The van der Waals surface area contributed by atoms with Crippen molar-refractivity contribution in [3.8, 4) is 0 Å². The predicted octanol–water partition coefficient (Wildman–Crippen LogP) is 23.7. The van der Waals surface area contributed by atoms with Gasteiger partial charge in [-0.2, -0.15) is 0 Å². The molecular formula is C76H139NO8P+. The quantitative estimate of drug-likeness (QED) is 0.0211. The third-order valence-corrected chi connectivity index (χ3v) is 16.9. The van der Waals surface area contributed by atoms with Crippen molar-refractivity contribution in [3.05, 3.63) is 85.1 Å². The number of esters is 2. The molecule has 0 saturated carbocycles. The number of rotatable bonds is 67. The van der Waals surface area contributed by atoms with Crippen LogP contribution in [0.4, 0.5) is 0 Å². The van der Waals surface area contributed by atoms with Gasteiger partial charge in [0.05, 0.1) is 27.7 Å². The van der Waals surface area contributed by atoms with E-state index in [4.69, 9.17) is 18.5 Å². The molecule has 0 aromatic heterocycles. The van der Waals surface area contributed by atoms with E-state index >= 15 is 0 Å². The van der Waals surface area contributed by atoms with Crippen LogP contribution in [0.2, 0.25) is 0 Å². The molecule has 500 valence electrons. The molecule has 0 fully saturated rings. The fourth-order valence-electron chi connectivity index (χ4n) is 10.4. The number of unbranched alkanes of at least 4 members (excludes halogenated alkanes) is 39. The zero-order chi connectivity index (χ0) is 62.6. The zero-order valence-corrected chi connectivity index (χ0v) is 57.9. The second kappa shape index (κ2) is 66.6. The van der Waals surface area contributed by atoms with Crippen LogP contribution in [0.15, 0.2) is 85.1 Å². The first-order chi connectivity index (χ1) is 42.0. The molecule has 0 amide bonds. The van der Waals surface area contributed by atoms with Gasteiger partial charge in [-0.25, -0.2) is 4.57 Å². The number of phosphoric ester groups is 1. The predicted molar refractivity (Wildman–Crippen MR) is 372 cm³/mol. The van der Waals surface area contributed by atoms with E-state index in [0.29, 0.717) is 23.9 Å². The van der Waals surface area contributed by atoms with Crippen LogP contribution in [-0.2, 0) is 32.7 Å². The van der Waals surface area contributed by atoms with E-state index in [1.54, 1.807) is 0 Å². The summed E-state index contributed by atoms with van der Waals surface area (Å²) >= 11 is 0. The Hall–Kier alpha value is -2.81. The van der Waals surface area contributed by atoms with Crippen LogP contribution >= 0.6 is 7.82 Å². The van der Waals surface area contributed by atoms with Gasteiger partial charge in [-0.15, -0.1) is 0 Å². The van der Waals surface area contributed by atoms with Gasteiger partial charge in [0.15, 0.2) is 6.10 Å². The van der Waals surface area contributed by atoms with Crippen LogP contribution < -0.4 is 0 Å². The van der Waals surface area contributed by atoms with Gasteiger partial charge in [0.25, 0.3) is 0 Å². The maximum Gasteiger partial charge on any atom is 0.472 e. The Labute approximate surface area is 532 Å². The van der Waals surface area contributed by atoms with E-state index in [1.165, 1.54) is 231 Å². The molecule has 2 atom stereocenters. The minimum Gasteiger partial charge on any atom is -0.462 e. The Bertz CT molecular complexity index is 1730. The van der Waals surface area contributed by atoms with Gasteiger partial charge in [-0.1, -0.05) is 317 Å². The standard InChI is InChI=1S/C76H138NO8P/c1-6-8-10-12-14-16-18-20-22-24-26-28-30-32-33-34-35-36-37-38-39-40-41-42-43-45-47-49-51-53-55-57-59-61-63-65-67-69-76(79)85-74(73-84-86(80,81)83-71-70-77(3,4)5)72-82-75(78)68-66-64-62-60-58-56-54-52-50-48-46-44-31-29-27-25-23-21-19-17-15-13-11-9-7-2/h8,10,14,16,20,22,25-28,32-33,35-36,74H,6-7,9,11-13,15,17-19,21,23-24,29-31,34,37-73H2,1-5H3/p+1/b10-8-,16-14-,22-20-,27-25-,28-26-,33-32-,36-35-. The molecule has 0 aliphatic heterocycles. The summed E-state index contributed by atoms with van der Waals surface area (Å²) in [7, 11) is 1.49. The summed E-state index contributed by atoms with van der Waals surface area (Å²) in [5, 5.41) is 0. The summed E-state index contributed by atoms with van der Waals surface area (Å²) < 4.78 is 34.8. The number of likely N-dealkylation sites (N-methyl/N-ethyl adjacent to an activating group) is 1. The second-order valence-electron chi connectivity index (χ2n) is 25.6. The molecule has 0 radical (unpaired) electrons. The van der Waals surface area contributed by atoms with E-state index in [2.05, 4.69) is 98.9 Å². The maximum absolute atomic E-state index is 12.9. The highest BCUT2D eigenvalue weighted by Crippen LogP contribution is 2.43. The number of hydrogen-bond donors (Lipinski definition) is 1. The molecule has 0 spiro atoms. The van der Waals surface area contributed by atoms with Gasteiger partial charge < -0.3 is 18.9 Å². The minimum absolute atomic E-state index is 0.0316. The summed E-state index contributed by atoms with van der Waals surface area (Å²) in [6, 6.07) is 0. The highest BCUT2D eigenvalue weighted by atomic mass is 31.2. The van der Waals surface area contributed by atoms with Crippen LogP contribution in [0.25, 0.3) is 0 Å². The highest BCUT2D eigenvalue weighted by Gasteiger charge is 2.27. The summed E-state index contributed by atoms with van der Waals surface area (Å²) in [5.74, 6) is -0.783. The lowest BCUT2D eigenvalue weighted by atomic mass is 10.0. The van der Waals surface area contributed by atoms with E-state index < -0.39 is 26.5 Å². The lowest BCUT2D eigenvalue weighted by Crippen LogP contribution is -2.37. The highest BCUT2D eigenvalue weighted by molar-refractivity contribution is 7.47. The lowest BCUT2D eigenvalue weighted by molar-refractivity contribution is -0.870. The van der Waals surface area contributed by atoms with Crippen LogP contribution in [0.5, 0.6) is 0 Å². The molecular weight excluding hydrogens is 1090 g/mol. The summed E-state index contributed by atoms with van der Waals surface area (Å²) in [6.45, 7) is 4.37. The normalized spacial score (nSPS) is 13.6. The maximum atomic E-state index is 12.9. The number of quaternary nitrogens is 1. The minimum atomic E-state index is -4.39. The second-order valence-corrected chi connectivity index (χ2v) is 27.0. The Kier molecular flexibility index (Phi) is 64.4. The van der Waals surface area contributed by atoms with E-state index in [0.717, 1.165) is 70.6 Å². The van der Waals surface area contributed by atoms with Gasteiger partial charge in [-0.05, 0) is 89.9 Å². The summed E-state index contributed by atoms with van der Waals surface area (Å²) in [5.41, 5.74) is 0. The SMILES string of the molecule is CC/C=C\C/C=C\C/C=C\C/C=C\C/C=C\C/C=C\CCCCCCCCCCCCCCCCCCCCC(=O)OC(COC(=O)CCCCCCCCCCCCCCC/C=C\CCCCCCCCCC)COP(=O)(O)OCC[N+](C)(C)C. The van der Waals surface area contributed by atoms with E-state index in [9.17, 15) is 19.0 Å². The monoisotopic (exact) mass is 1230 g/mol. The molecule has 0 heterocycles. The largest absolute Gasteiger partial charge is 0.472 e. The first-order valence-corrected chi connectivity index (χ1v) is 37.8. The Morgan fingerprint density at radius 3 is 1.00 bits per heavy atom. The fourth-order valence-corrected chi connectivity index (χ4v) is 11.1. The van der Waals surface area contributed by atoms with E-state index in [-0.39, 0.29) is 25.6 Å². The van der Waals surface area contributed by atoms with Crippen LogP contribution in [-0.4, -0.2) is 74.9 Å². The van der Waals surface area contributed by atoms with Gasteiger partial charge in [0, 0.05) is 12.8 Å².